The van der Waals surface area contributed by atoms with Crippen LogP contribution in [0.2, 0.25) is 10.0 Å². The Morgan fingerprint density at radius 2 is 1.88 bits per heavy atom. The quantitative estimate of drug-likeness (QED) is 0.561. The lowest BCUT2D eigenvalue weighted by atomic mass is 10.2. The van der Waals surface area contributed by atoms with E-state index in [2.05, 4.69) is 15.8 Å². The van der Waals surface area contributed by atoms with Gasteiger partial charge in [-0.3, -0.25) is 9.59 Å². The molecule has 0 atom stereocenters. The van der Waals surface area contributed by atoms with Crippen molar-refractivity contribution < 1.29 is 14.7 Å². The van der Waals surface area contributed by atoms with Crippen LogP contribution < -0.4 is 10.7 Å². The molecule has 3 N–H and O–H groups in total. The summed E-state index contributed by atoms with van der Waals surface area (Å²) >= 11 is 11.6. The van der Waals surface area contributed by atoms with Crippen LogP contribution in [0.3, 0.4) is 0 Å². The van der Waals surface area contributed by atoms with Crippen molar-refractivity contribution in [2.45, 2.75) is 0 Å². The zero-order valence-corrected chi connectivity index (χ0v) is 13.8. The zero-order valence-electron chi connectivity index (χ0n) is 12.3. The lowest BCUT2D eigenvalue weighted by Gasteiger charge is -2.04. The number of amides is 2. The molecule has 0 aliphatic carbocycles. The molecule has 0 heterocycles. The van der Waals surface area contributed by atoms with Crippen LogP contribution in [0.4, 0.5) is 0 Å². The number of phenolic OH excluding ortho intramolecular Hbond substituents is 1. The smallest absolute Gasteiger partial charge is 0.259 e. The van der Waals surface area contributed by atoms with Crippen LogP contribution in [0.25, 0.3) is 0 Å². The molecule has 2 amide bonds. The molecule has 124 valence electrons. The second-order valence-corrected chi connectivity index (χ2v) is 5.56. The normalized spacial score (nSPS) is 10.6. The molecule has 6 nitrogen and oxygen atoms in total. The molecular formula is C16H13Cl2N3O3. The van der Waals surface area contributed by atoms with Gasteiger partial charge in [-0.05, 0) is 36.4 Å². The molecule has 0 radical (unpaired) electrons. The van der Waals surface area contributed by atoms with Crippen molar-refractivity contribution in [3.05, 3.63) is 63.6 Å². The number of carbonyl (C=O) groups excluding carboxylic acids is 2. The van der Waals surface area contributed by atoms with E-state index in [0.29, 0.717) is 21.2 Å². The number of hydrazone groups is 1. The van der Waals surface area contributed by atoms with Crippen LogP contribution in [-0.4, -0.2) is 29.7 Å². The molecule has 24 heavy (non-hydrogen) atoms. The number of nitrogens with zero attached hydrogens (tertiary/aromatic N) is 1. The number of carbonyl (C=O) groups is 2. The van der Waals surface area contributed by atoms with Crippen molar-refractivity contribution in [1.29, 1.82) is 0 Å². The maximum absolute atomic E-state index is 11.8. The minimum absolute atomic E-state index is 0.0216. The Balaban J connectivity index is 1.84. The number of hydrogen-bond acceptors (Lipinski definition) is 4. The third-order valence-corrected chi connectivity index (χ3v) is 3.35. The van der Waals surface area contributed by atoms with Gasteiger partial charge in [-0.1, -0.05) is 29.3 Å². The monoisotopic (exact) mass is 365 g/mol. The number of phenols is 1. The standard InChI is InChI=1S/C16H13Cl2N3O3/c17-12-3-1-2-10(6-12)16(24)19-9-15(23)21-20-8-11-7-13(18)4-5-14(11)22/h1-8,22H,9H2,(H,19,24)(H,21,23). The maximum Gasteiger partial charge on any atom is 0.259 e. The van der Waals surface area contributed by atoms with Gasteiger partial charge in [-0.2, -0.15) is 5.10 Å². The van der Waals surface area contributed by atoms with E-state index in [4.69, 9.17) is 23.2 Å². The van der Waals surface area contributed by atoms with Gasteiger partial charge < -0.3 is 10.4 Å². The third-order valence-electron chi connectivity index (χ3n) is 2.88. The summed E-state index contributed by atoms with van der Waals surface area (Å²) in [6.07, 6.45) is 1.25. The summed E-state index contributed by atoms with van der Waals surface area (Å²) in [4.78, 5) is 23.5. The average molecular weight is 366 g/mol. The number of nitrogens with one attached hydrogen (secondary N) is 2. The number of hydrogen-bond donors (Lipinski definition) is 3. The van der Waals surface area contributed by atoms with Gasteiger partial charge in [0.2, 0.25) is 0 Å². The van der Waals surface area contributed by atoms with E-state index >= 15 is 0 Å². The van der Waals surface area contributed by atoms with E-state index in [-0.39, 0.29) is 12.3 Å². The number of halogens is 2. The predicted octanol–water partition coefficient (Wildman–Crippen LogP) is 2.58. The summed E-state index contributed by atoms with van der Waals surface area (Å²) in [7, 11) is 0. The van der Waals surface area contributed by atoms with Crippen LogP contribution in [0, 0.1) is 0 Å². The highest BCUT2D eigenvalue weighted by atomic mass is 35.5. The molecule has 0 aliphatic rings. The lowest BCUT2D eigenvalue weighted by molar-refractivity contribution is -0.120. The Kier molecular flexibility index (Phi) is 6.17. The second kappa shape index (κ2) is 8.33. The Hall–Kier alpha value is -2.57. The SMILES string of the molecule is O=C(CNC(=O)c1cccc(Cl)c1)NN=Cc1cc(Cl)ccc1O. The molecule has 0 saturated heterocycles. The van der Waals surface area contributed by atoms with E-state index in [1.165, 1.54) is 30.5 Å². The van der Waals surface area contributed by atoms with Gasteiger partial charge >= 0.3 is 0 Å². The Bertz CT molecular complexity index is 794. The van der Waals surface area contributed by atoms with Crippen LogP contribution in [0.1, 0.15) is 15.9 Å². The number of aromatic hydroxyl groups is 1. The molecule has 0 unspecified atom stereocenters. The third kappa shape index (κ3) is 5.26. The van der Waals surface area contributed by atoms with Crippen LogP contribution in [0.5, 0.6) is 5.75 Å². The fourth-order valence-electron chi connectivity index (χ4n) is 1.73. The van der Waals surface area contributed by atoms with Crippen molar-refractivity contribution >= 4 is 41.2 Å². The molecule has 0 fully saturated rings. The minimum Gasteiger partial charge on any atom is -0.507 e. The molecule has 2 rings (SSSR count). The van der Waals surface area contributed by atoms with Gasteiger partial charge in [-0.25, -0.2) is 5.43 Å². The highest BCUT2D eigenvalue weighted by Gasteiger charge is 2.08. The van der Waals surface area contributed by atoms with E-state index in [0.717, 1.165) is 0 Å². The number of rotatable bonds is 5. The summed E-state index contributed by atoms with van der Waals surface area (Å²) in [5, 5.41) is 16.6. The molecule has 0 saturated carbocycles. The highest BCUT2D eigenvalue weighted by molar-refractivity contribution is 6.31. The van der Waals surface area contributed by atoms with Gasteiger partial charge in [0, 0.05) is 21.2 Å². The van der Waals surface area contributed by atoms with Gasteiger partial charge in [0.25, 0.3) is 11.8 Å². The van der Waals surface area contributed by atoms with Crippen LogP contribution in [0.15, 0.2) is 47.6 Å². The molecule has 0 aliphatic heterocycles. The van der Waals surface area contributed by atoms with E-state index < -0.39 is 11.8 Å². The fraction of sp³-hybridized carbons (Fsp3) is 0.0625. The first kappa shape index (κ1) is 17.8. The Morgan fingerprint density at radius 1 is 1.12 bits per heavy atom. The van der Waals surface area contributed by atoms with Crippen molar-refractivity contribution in [2.24, 2.45) is 5.10 Å². The van der Waals surface area contributed by atoms with Gasteiger partial charge in [0.1, 0.15) is 5.75 Å². The molecule has 2 aromatic carbocycles. The topological polar surface area (TPSA) is 90.8 Å². The van der Waals surface area contributed by atoms with Crippen molar-refractivity contribution in [2.75, 3.05) is 6.54 Å². The van der Waals surface area contributed by atoms with Crippen LogP contribution >= 0.6 is 23.2 Å². The average Bonchev–Trinajstić information content (AvgIpc) is 2.56. The van der Waals surface area contributed by atoms with E-state index in [9.17, 15) is 14.7 Å². The van der Waals surface area contributed by atoms with Gasteiger partial charge in [0.05, 0.1) is 12.8 Å². The van der Waals surface area contributed by atoms with Crippen molar-refractivity contribution in [1.82, 2.24) is 10.7 Å². The highest BCUT2D eigenvalue weighted by Crippen LogP contribution is 2.19. The van der Waals surface area contributed by atoms with Crippen molar-refractivity contribution in [3.8, 4) is 5.75 Å². The summed E-state index contributed by atoms with van der Waals surface area (Å²) < 4.78 is 0. The van der Waals surface area contributed by atoms with Crippen LogP contribution in [-0.2, 0) is 4.79 Å². The molecule has 0 spiro atoms. The largest absolute Gasteiger partial charge is 0.507 e. The second-order valence-electron chi connectivity index (χ2n) is 4.69. The van der Waals surface area contributed by atoms with E-state index in [1.807, 2.05) is 0 Å². The zero-order chi connectivity index (χ0) is 17.5. The summed E-state index contributed by atoms with van der Waals surface area (Å²) in [5.74, 6) is -0.973. The van der Waals surface area contributed by atoms with Gasteiger partial charge in [-0.15, -0.1) is 0 Å². The Morgan fingerprint density at radius 3 is 2.62 bits per heavy atom. The molecular weight excluding hydrogens is 353 g/mol. The van der Waals surface area contributed by atoms with Crippen molar-refractivity contribution in [3.63, 3.8) is 0 Å². The summed E-state index contributed by atoms with van der Waals surface area (Å²) in [5.41, 5.74) is 2.93. The summed E-state index contributed by atoms with van der Waals surface area (Å²) in [6.45, 7) is -0.260. The van der Waals surface area contributed by atoms with Gasteiger partial charge in [0.15, 0.2) is 0 Å². The Labute approximate surface area is 148 Å². The number of benzene rings is 2. The maximum atomic E-state index is 11.8. The lowest BCUT2D eigenvalue weighted by Crippen LogP contribution is -2.34. The first-order valence-electron chi connectivity index (χ1n) is 6.80. The fourth-order valence-corrected chi connectivity index (χ4v) is 2.11. The molecule has 0 aromatic heterocycles. The molecule has 0 bridgehead atoms. The predicted molar refractivity (Wildman–Crippen MR) is 92.6 cm³/mol. The minimum atomic E-state index is -0.525. The molecule has 8 heteroatoms. The molecule has 2 aromatic rings. The summed E-state index contributed by atoms with van der Waals surface area (Å²) in [6, 6.07) is 10.8. The van der Waals surface area contributed by atoms with E-state index in [1.54, 1.807) is 18.2 Å². The first-order chi connectivity index (χ1) is 11.5. The first-order valence-corrected chi connectivity index (χ1v) is 7.55.